The number of rotatable bonds is 5. The van der Waals surface area contributed by atoms with Crippen LogP contribution in [-0.4, -0.2) is 36.4 Å². The SMILES string of the molecule is CCOc1c(Br)cn2cc(CCS(C)(=O)=O)nc2c1F. The maximum absolute atomic E-state index is 14.2. The molecule has 0 saturated heterocycles. The number of imidazole rings is 1. The summed E-state index contributed by atoms with van der Waals surface area (Å²) >= 11 is 3.24. The molecule has 0 aliphatic heterocycles. The lowest BCUT2D eigenvalue weighted by atomic mass is 10.4. The second-order valence-electron chi connectivity index (χ2n) is 4.40. The van der Waals surface area contributed by atoms with E-state index in [9.17, 15) is 12.8 Å². The minimum Gasteiger partial charge on any atom is -0.489 e. The van der Waals surface area contributed by atoms with Crippen molar-refractivity contribution in [1.29, 1.82) is 0 Å². The predicted octanol–water partition coefficient (Wildman–Crippen LogP) is 2.22. The Morgan fingerprint density at radius 2 is 2.15 bits per heavy atom. The number of fused-ring (bicyclic) bond motifs is 1. The van der Waals surface area contributed by atoms with E-state index in [-0.39, 0.29) is 23.6 Å². The largest absolute Gasteiger partial charge is 0.489 e. The number of ether oxygens (including phenoxy) is 1. The molecule has 0 atom stereocenters. The van der Waals surface area contributed by atoms with E-state index in [1.54, 1.807) is 19.3 Å². The van der Waals surface area contributed by atoms with Crippen LogP contribution in [0.3, 0.4) is 0 Å². The van der Waals surface area contributed by atoms with Gasteiger partial charge in [0.05, 0.1) is 22.5 Å². The molecular formula is C12H14BrFN2O3S. The second kappa shape index (κ2) is 5.69. The number of hydrogen-bond acceptors (Lipinski definition) is 4. The van der Waals surface area contributed by atoms with Gasteiger partial charge in [0.2, 0.25) is 5.82 Å². The van der Waals surface area contributed by atoms with Crippen molar-refractivity contribution in [3.05, 3.63) is 28.4 Å². The van der Waals surface area contributed by atoms with E-state index in [0.29, 0.717) is 16.8 Å². The predicted molar refractivity (Wildman–Crippen MR) is 77.4 cm³/mol. The zero-order valence-electron chi connectivity index (χ0n) is 11.1. The summed E-state index contributed by atoms with van der Waals surface area (Å²) in [6.45, 7) is 2.10. The number of nitrogens with zero attached hydrogens (tertiary/aromatic N) is 2. The molecule has 0 fully saturated rings. The summed E-state index contributed by atoms with van der Waals surface area (Å²) in [5.41, 5.74) is 0.648. The summed E-state index contributed by atoms with van der Waals surface area (Å²) in [5, 5.41) is 0. The highest BCUT2D eigenvalue weighted by Gasteiger charge is 2.16. The summed E-state index contributed by atoms with van der Waals surface area (Å²) in [4.78, 5) is 4.12. The van der Waals surface area contributed by atoms with Gasteiger partial charge in [-0.3, -0.25) is 0 Å². The van der Waals surface area contributed by atoms with Crippen LogP contribution in [0.4, 0.5) is 4.39 Å². The number of aryl methyl sites for hydroxylation is 1. The first-order chi connectivity index (χ1) is 9.31. The van der Waals surface area contributed by atoms with E-state index in [1.165, 1.54) is 4.40 Å². The third-order valence-electron chi connectivity index (χ3n) is 2.66. The fraction of sp³-hybridized carbons (Fsp3) is 0.417. The second-order valence-corrected chi connectivity index (χ2v) is 7.51. The third kappa shape index (κ3) is 3.29. The lowest BCUT2D eigenvalue weighted by Gasteiger charge is -2.07. The number of sulfone groups is 1. The highest BCUT2D eigenvalue weighted by atomic mass is 79.9. The van der Waals surface area contributed by atoms with Crippen LogP contribution in [0.25, 0.3) is 5.65 Å². The molecule has 0 unspecified atom stereocenters. The maximum atomic E-state index is 14.2. The Morgan fingerprint density at radius 3 is 2.75 bits per heavy atom. The van der Waals surface area contributed by atoms with Crippen LogP contribution in [0.15, 0.2) is 16.9 Å². The smallest absolute Gasteiger partial charge is 0.209 e. The summed E-state index contributed by atoms with van der Waals surface area (Å²) in [5.74, 6) is -0.468. The highest BCUT2D eigenvalue weighted by molar-refractivity contribution is 9.10. The van der Waals surface area contributed by atoms with Gasteiger partial charge < -0.3 is 9.14 Å². The van der Waals surface area contributed by atoms with Crippen molar-refractivity contribution in [1.82, 2.24) is 9.38 Å². The van der Waals surface area contributed by atoms with E-state index in [1.807, 2.05) is 0 Å². The third-order valence-corrected chi connectivity index (χ3v) is 4.18. The van der Waals surface area contributed by atoms with Crippen molar-refractivity contribution in [2.75, 3.05) is 18.6 Å². The van der Waals surface area contributed by atoms with Gasteiger partial charge in [-0.25, -0.2) is 13.4 Å². The highest BCUT2D eigenvalue weighted by Crippen LogP contribution is 2.30. The molecule has 0 aliphatic carbocycles. The molecule has 2 aromatic heterocycles. The van der Waals surface area contributed by atoms with Gasteiger partial charge in [-0.05, 0) is 22.9 Å². The Labute approximate surface area is 124 Å². The molecule has 0 radical (unpaired) electrons. The first kappa shape index (κ1) is 15.2. The molecule has 0 aliphatic rings. The van der Waals surface area contributed by atoms with Gasteiger partial charge in [-0.15, -0.1) is 0 Å². The van der Waals surface area contributed by atoms with Crippen molar-refractivity contribution >= 4 is 31.4 Å². The van der Waals surface area contributed by atoms with E-state index in [4.69, 9.17) is 4.74 Å². The van der Waals surface area contributed by atoms with Gasteiger partial charge in [0.1, 0.15) is 9.84 Å². The molecule has 0 saturated carbocycles. The maximum Gasteiger partial charge on any atom is 0.209 e. The summed E-state index contributed by atoms with van der Waals surface area (Å²) in [6.07, 6.45) is 4.67. The van der Waals surface area contributed by atoms with Gasteiger partial charge in [-0.2, -0.15) is 4.39 Å². The van der Waals surface area contributed by atoms with E-state index in [0.717, 1.165) is 6.26 Å². The van der Waals surface area contributed by atoms with Crippen molar-refractivity contribution < 1.29 is 17.5 Å². The monoisotopic (exact) mass is 364 g/mol. The van der Waals surface area contributed by atoms with Crippen LogP contribution in [0.5, 0.6) is 5.75 Å². The number of halogens is 2. The van der Waals surface area contributed by atoms with Crippen LogP contribution < -0.4 is 4.74 Å². The van der Waals surface area contributed by atoms with Crippen LogP contribution in [-0.2, 0) is 16.3 Å². The minimum absolute atomic E-state index is 0.0159. The fourth-order valence-electron chi connectivity index (χ4n) is 1.78. The average Bonchev–Trinajstić information content (AvgIpc) is 2.74. The van der Waals surface area contributed by atoms with Crippen LogP contribution in [0.1, 0.15) is 12.6 Å². The molecule has 0 N–H and O–H groups in total. The summed E-state index contributed by atoms with van der Waals surface area (Å²) in [6, 6.07) is 0. The molecular weight excluding hydrogens is 351 g/mol. The lowest BCUT2D eigenvalue weighted by Crippen LogP contribution is -2.05. The van der Waals surface area contributed by atoms with Gasteiger partial charge in [-0.1, -0.05) is 0 Å². The zero-order valence-corrected chi connectivity index (χ0v) is 13.5. The van der Waals surface area contributed by atoms with Crippen molar-refractivity contribution in [3.8, 4) is 5.75 Å². The molecule has 8 heteroatoms. The van der Waals surface area contributed by atoms with Crippen molar-refractivity contribution in [2.24, 2.45) is 0 Å². The molecule has 0 bridgehead atoms. The first-order valence-electron chi connectivity index (χ1n) is 5.98. The summed E-state index contributed by atoms with van der Waals surface area (Å²) in [7, 11) is -3.07. The van der Waals surface area contributed by atoms with E-state index < -0.39 is 15.7 Å². The molecule has 0 spiro atoms. The van der Waals surface area contributed by atoms with Gasteiger partial charge in [0, 0.05) is 25.1 Å². The number of pyridine rings is 1. The van der Waals surface area contributed by atoms with Gasteiger partial charge >= 0.3 is 0 Å². The molecule has 20 heavy (non-hydrogen) atoms. The van der Waals surface area contributed by atoms with E-state index >= 15 is 0 Å². The van der Waals surface area contributed by atoms with Crippen LogP contribution in [0, 0.1) is 5.82 Å². The Hall–Kier alpha value is -1.15. The molecule has 5 nitrogen and oxygen atoms in total. The Bertz CT molecular complexity index is 743. The average molecular weight is 365 g/mol. The quantitative estimate of drug-likeness (QED) is 0.815. The fourth-order valence-corrected chi connectivity index (χ4v) is 2.87. The zero-order chi connectivity index (χ0) is 14.9. The molecule has 2 heterocycles. The molecule has 0 aromatic carbocycles. The first-order valence-corrected chi connectivity index (χ1v) is 8.83. The molecule has 110 valence electrons. The topological polar surface area (TPSA) is 60.7 Å². The van der Waals surface area contributed by atoms with Crippen molar-refractivity contribution in [3.63, 3.8) is 0 Å². The van der Waals surface area contributed by atoms with Gasteiger partial charge in [0.15, 0.2) is 11.4 Å². The Kier molecular flexibility index (Phi) is 4.33. The molecule has 0 amide bonds. The van der Waals surface area contributed by atoms with Gasteiger partial charge in [0.25, 0.3) is 0 Å². The summed E-state index contributed by atoms with van der Waals surface area (Å²) < 4.78 is 43.8. The van der Waals surface area contributed by atoms with Crippen LogP contribution >= 0.6 is 15.9 Å². The normalized spacial score (nSPS) is 12.0. The number of hydrogen-bond donors (Lipinski definition) is 0. The standard InChI is InChI=1S/C12H14BrFN2O3S/c1-3-19-11-9(13)7-16-6-8(4-5-20(2,17)18)15-12(16)10(11)14/h6-7H,3-5H2,1-2H3. The Balaban J connectivity index is 2.41. The van der Waals surface area contributed by atoms with Crippen LogP contribution in [0.2, 0.25) is 0 Å². The molecule has 2 rings (SSSR count). The van der Waals surface area contributed by atoms with Crippen molar-refractivity contribution in [2.45, 2.75) is 13.3 Å². The molecule has 2 aromatic rings. The Morgan fingerprint density at radius 1 is 1.45 bits per heavy atom. The minimum atomic E-state index is -3.07. The number of aromatic nitrogens is 2. The van der Waals surface area contributed by atoms with E-state index in [2.05, 4.69) is 20.9 Å². The lowest BCUT2D eigenvalue weighted by molar-refractivity contribution is 0.319.